The van der Waals surface area contributed by atoms with Crippen molar-refractivity contribution in [3.8, 4) is 0 Å². The van der Waals surface area contributed by atoms with Crippen molar-refractivity contribution in [1.82, 2.24) is 30.0 Å². The molecule has 3 rings (SSSR count). The number of carbonyl (C=O) groups excluding carboxylic acids is 2. The Morgan fingerprint density at radius 3 is 2.22 bits per heavy atom. The number of nitrogens with zero attached hydrogens (tertiary/aromatic N) is 6. The zero-order chi connectivity index (χ0) is 19.4. The van der Waals surface area contributed by atoms with Gasteiger partial charge in [0.1, 0.15) is 11.9 Å². The van der Waals surface area contributed by atoms with Gasteiger partial charge in [-0.1, -0.05) is 30.3 Å². The molecule has 1 aromatic carbocycles. The van der Waals surface area contributed by atoms with Gasteiger partial charge in [0.05, 0.1) is 0 Å². The minimum absolute atomic E-state index is 0.0997. The van der Waals surface area contributed by atoms with Gasteiger partial charge in [0, 0.05) is 26.2 Å². The number of benzene rings is 1. The van der Waals surface area contributed by atoms with Gasteiger partial charge in [-0.15, -0.1) is 5.10 Å². The molecule has 2 amide bonds. The fraction of sp³-hybridized carbons (Fsp3) is 0.500. The Balaban J connectivity index is 1.69. The van der Waals surface area contributed by atoms with Crippen molar-refractivity contribution >= 4 is 12.0 Å². The lowest BCUT2D eigenvalue weighted by Gasteiger charge is -2.36. The maximum atomic E-state index is 13.2. The van der Waals surface area contributed by atoms with Crippen LogP contribution in [0, 0.1) is 0 Å². The third kappa shape index (κ3) is 4.60. The highest BCUT2D eigenvalue weighted by molar-refractivity contribution is 5.84. The van der Waals surface area contributed by atoms with Crippen LogP contribution in [0.25, 0.3) is 0 Å². The smallest absolute Gasteiger partial charge is 0.410 e. The highest BCUT2D eigenvalue weighted by Gasteiger charge is 2.32. The molecule has 9 heteroatoms. The molecule has 1 fully saturated rings. The van der Waals surface area contributed by atoms with Gasteiger partial charge in [0.15, 0.2) is 6.04 Å². The van der Waals surface area contributed by atoms with E-state index >= 15 is 0 Å². The van der Waals surface area contributed by atoms with Crippen LogP contribution in [0.2, 0.25) is 0 Å². The van der Waals surface area contributed by atoms with Crippen LogP contribution in [0.5, 0.6) is 0 Å². The molecule has 0 unspecified atom stereocenters. The molecular weight excluding hydrogens is 348 g/mol. The summed E-state index contributed by atoms with van der Waals surface area (Å²) >= 11 is 0. The van der Waals surface area contributed by atoms with E-state index in [-0.39, 0.29) is 12.0 Å². The summed E-state index contributed by atoms with van der Waals surface area (Å²) in [6, 6.07) is 8.77. The maximum Gasteiger partial charge on any atom is 0.410 e. The Bertz CT molecular complexity index is 764. The standard InChI is InChI=1S/C18H24N6O3/c1-18(2,3)27-17(26)23-11-9-22(10-12-23)16(25)15(24-13-19-20-21-24)14-7-5-4-6-8-14/h4-8,13,15H,9-12H2,1-3H3/t15-/m1/s1. The van der Waals surface area contributed by atoms with Gasteiger partial charge >= 0.3 is 6.09 Å². The average Bonchev–Trinajstić information content (AvgIpc) is 3.15. The van der Waals surface area contributed by atoms with Crippen molar-refractivity contribution in [3.05, 3.63) is 42.2 Å². The van der Waals surface area contributed by atoms with Gasteiger partial charge in [0.25, 0.3) is 5.91 Å². The van der Waals surface area contributed by atoms with E-state index in [1.54, 1.807) is 9.80 Å². The second-order valence-electron chi connectivity index (χ2n) is 7.40. The quantitative estimate of drug-likeness (QED) is 0.807. The van der Waals surface area contributed by atoms with Crippen LogP contribution in [0.3, 0.4) is 0 Å². The molecule has 9 nitrogen and oxygen atoms in total. The van der Waals surface area contributed by atoms with Crippen molar-refractivity contribution in [1.29, 1.82) is 0 Å². The molecule has 144 valence electrons. The van der Waals surface area contributed by atoms with Gasteiger partial charge in [-0.2, -0.15) is 0 Å². The predicted octanol–water partition coefficient (Wildman–Crippen LogP) is 1.34. The van der Waals surface area contributed by atoms with Crippen molar-refractivity contribution in [2.75, 3.05) is 26.2 Å². The largest absolute Gasteiger partial charge is 0.444 e. The highest BCUT2D eigenvalue weighted by Crippen LogP contribution is 2.21. The van der Waals surface area contributed by atoms with E-state index in [2.05, 4.69) is 15.5 Å². The van der Waals surface area contributed by atoms with E-state index in [1.807, 2.05) is 51.1 Å². The maximum absolute atomic E-state index is 13.2. The Labute approximate surface area is 157 Å². The number of aromatic nitrogens is 4. The first-order chi connectivity index (χ1) is 12.8. The second kappa shape index (κ2) is 7.73. The number of carbonyl (C=O) groups is 2. The molecule has 0 radical (unpaired) electrons. The summed E-state index contributed by atoms with van der Waals surface area (Å²) in [6.45, 7) is 7.23. The molecule has 0 aliphatic carbocycles. The first-order valence-electron chi connectivity index (χ1n) is 8.89. The first-order valence-corrected chi connectivity index (χ1v) is 8.89. The van der Waals surface area contributed by atoms with Crippen molar-refractivity contribution in [2.45, 2.75) is 32.4 Å². The van der Waals surface area contributed by atoms with Crippen LogP contribution in [0.15, 0.2) is 36.7 Å². The number of rotatable bonds is 3. The summed E-state index contributed by atoms with van der Waals surface area (Å²) in [6.07, 6.45) is 1.08. The monoisotopic (exact) mass is 372 g/mol. The Morgan fingerprint density at radius 1 is 1.04 bits per heavy atom. The Kier molecular flexibility index (Phi) is 5.38. The van der Waals surface area contributed by atoms with E-state index in [0.717, 1.165) is 5.56 Å². The minimum atomic E-state index is -0.630. The Hall–Kier alpha value is -2.97. The zero-order valence-corrected chi connectivity index (χ0v) is 15.8. The first kappa shape index (κ1) is 18.8. The summed E-state index contributed by atoms with van der Waals surface area (Å²) in [5.41, 5.74) is 0.270. The lowest BCUT2D eigenvalue weighted by atomic mass is 10.1. The molecule has 1 aromatic heterocycles. The minimum Gasteiger partial charge on any atom is -0.444 e. The fourth-order valence-electron chi connectivity index (χ4n) is 2.94. The van der Waals surface area contributed by atoms with Crippen LogP contribution in [0.1, 0.15) is 32.4 Å². The molecule has 0 bridgehead atoms. The molecule has 1 atom stereocenters. The normalized spacial score (nSPS) is 16.1. The number of ether oxygens (including phenoxy) is 1. The van der Waals surface area contributed by atoms with Crippen molar-refractivity contribution in [2.24, 2.45) is 0 Å². The van der Waals surface area contributed by atoms with E-state index in [1.165, 1.54) is 11.0 Å². The van der Waals surface area contributed by atoms with Gasteiger partial charge in [-0.25, -0.2) is 9.48 Å². The van der Waals surface area contributed by atoms with E-state index in [9.17, 15) is 9.59 Å². The molecular formula is C18H24N6O3. The Morgan fingerprint density at radius 2 is 1.67 bits per heavy atom. The average molecular weight is 372 g/mol. The van der Waals surface area contributed by atoms with Gasteiger partial charge in [0.2, 0.25) is 0 Å². The molecule has 0 saturated carbocycles. The third-order valence-corrected chi connectivity index (χ3v) is 4.22. The predicted molar refractivity (Wildman–Crippen MR) is 96.8 cm³/mol. The summed E-state index contributed by atoms with van der Waals surface area (Å²) in [7, 11) is 0. The summed E-state index contributed by atoms with van der Waals surface area (Å²) in [4.78, 5) is 28.7. The molecule has 1 aliphatic heterocycles. The van der Waals surface area contributed by atoms with Gasteiger partial charge < -0.3 is 14.5 Å². The van der Waals surface area contributed by atoms with Gasteiger partial charge in [-0.3, -0.25) is 4.79 Å². The van der Waals surface area contributed by atoms with E-state index < -0.39 is 11.6 Å². The molecule has 1 aliphatic rings. The third-order valence-electron chi connectivity index (χ3n) is 4.22. The SMILES string of the molecule is CC(C)(C)OC(=O)N1CCN(C(=O)[C@@H](c2ccccc2)n2cnnn2)CC1. The van der Waals surface area contributed by atoms with Crippen molar-refractivity contribution in [3.63, 3.8) is 0 Å². The molecule has 1 saturated heterocycles. The highest BCUT2D eigenvalue weighted by atomic mass is 16.6. The number of tetrazole rings is 1. The van der Waals surface area contributed by atoms with E-state index in [4.69, 9.17) is 4.74 Å². The van der Waals surface area contributed by atoms with Crippen LogP contribution < -0.4 is 0 Å². The number of amides is 2. The van der Waals surface area contributed by atoms with Crippen LogP contribution in [-0.2, 0) is 9.53 Å². The number of piperazine rings is 1. The van der Waals surface area contributed by atoms with Crippen LogP contribution in [0.4, 0.5) is 4.79 Å². The molecule has 2 aromatic rings. The van der Waals surface area contributed by atoms with Gasteiger partial charge in [-0.05, 0) is 36.8 Å². The zero-order valence-electron chi connectivity index (χ0n) is 15.8. The summed E-state index contributed by atoms with van der Waals surface area (Å²) in [5, 5.41) is 11.2. The molecule has 0 N–H and O–H groups in total. The fourth-order valence-corrected chi connectivity index (χ4v) is 2.94. The summed E-state index contributed by atoms with van der Waals surface area (Å²) in [5.74, 6) is -0.0997. The molecule has 0 spiro atoms. The molecule has 27 heavy (non-hydrogen) atoms. The molecule has 2 heterocycles. The number of hydrogen-bond acceptors (Lipinski definition) is 6. The van der Waals surface area contributed by atoms with Crippen LogP contribution in [-0.4, -0.2) is 73.8 Å². The van der Waals surface area contributed by atoms with Crippen LogP contribution >= 0.6 is 0 Å². The second-order valence-corrected chi connectivity index (χ2v) is 7.40. The van der Waals surface area contributed by atoms with E-state index in [0.29, 0.717) is 26.2 Å². The topological polar surface area (TPSA) is 93.5 Å². The number of hydrogen-bond donors (Lipinski definition) is 0. The lowest BCUT2D eigenvalue weighted by molar-refractivity contribution is -0.135. The summed E-state index contributed by atoms with van der Waals surface area (Å²) < 4.78 is 6.86. The van der Waals surface area contributed by atoms with Crippen molar-refractivity contribution < 1.29 is 14.3 Å². The lowest BCUT2D eigenvalue weighted by Crippen LogP contribution is -2.53.